The van der Waals surface area contributed by atoms with Gasteiger partial charge in [-0.05, 0) is 0 Å². The van der Waals surface area contributed by atoms with Crippen molar-refractivity contribution in [2.24, 2.45) is 0 Å². The Morgan fingerprint density at radius 2 is 1.50 bits per heavy atom. The van der Waals surface area contributed by atoms with Crippen LogP contribution in [0.5, 0.6) is 0 Å². The second kappa shape index (κ2) is 8.76. The molecule has 0 aliphatic rings. The third kappa shape index (κ3) is 115. The molecule has 0 saturated heterocycles. The molecule has 8 heteroatoms. The molecular formula is HMoO3PS3. The summed E-state index contributed by atoms with van der Waals surface area (Å²) in [6, 6.07) is 0. The molecule has 8 heavy (non-hydrogen) atoms. The van der Waals surface area contributed by atoms with Crippen molar-refractivity contribution < 1.29 is 33.0 Å². The van der Waals surface area contributed by atoms with Crippen molar-refractivity contribution in [1.82, 2.24) is 0 Å². The van der Waals surface area contributed by atoms with Crippen LogP contribution in [0.3, 0.4) is 0 Å². The monoisotopic (exact) mass is 274 g/mol. The Morgan fingerprint density at radius 1 is 1.50 bits per heavy atom. The minimum absolute atomic E-state index is 0. The molecule has 0 aliphatic carbocycles. The zero-order chi connectivity index (χ0) is 6.50. The van der Waals surface area contributed by atoms with E-state index in [0.717, 1.165) is 0 Å². The number of hydrogen-bond donors (Lipinski definition) is 1. The Bertz CT molecular complexity index is 70.3. The van der Waals surface area contributed by atoms with Crippen LogP contribution in [0.2, 0.25) is 0 Å². The predicted octanol–water partition coefficient (Wildman–Crippen LogP) is -1.26. The molecule has 0 aliphatic heterocycles. The second-order valence-electron chi connectivity index (χ2n) is 0.469. The first-order valence-corrected chi connectivity index (χ1v) is 5.52. The Labute approximate surface area is 75.9 Å². The standard InChI is InChI=1S/Mo.H3O2PS2.O.S/c;1-3(2,4)5;;/h;(H3,1,2,4,5);;/q+4;;;-2/p-2. The quantitative estimate of drug-likeness (QED) is 0.339. The van der Waals surface area contributed by atoms with Gasteiger partial charge in [-0.3, -0.25) is 0 Å². The van der Waals surface area contributed by atoms with Crippen LogP contribution in [-0.2, 0) is 48.5 Å². The van der Waals surface area contributed by atoms with Crippen LogP contribution in [-0.4, -0.2) is 0 Å². The maximum Gasteiger partial charge on any atom is -2.00 e. The van der Waals surface area contributed by atoms with Gasteiger partial charge in [0.05, 0.1) is 0 Å². The molecule has 0 amide bonds. The topological polar surface area (TPSA) is 63.2 Å². The summed E-state index contributed by atoms with van der Waals surface area (Å²) in [7, 11) is 0. The molecule has 0 unspecified atom stereocenters. The summed E-state index contributed by atoms with van der Waals surface area (Å²) >= 11 is 7.33. The van der Waals surface area contributed by atoms with Crippen molar-refractivity contribution in [3.63, 3.8) is 0 Å². The smallest absolute Gasteiger partial charge is 2.00 e. The summed E-state index contributed by atoms with van der Waals surface area (Å²) < 4.78 is 8.26. The van der Waals surface area contributed by atoms with E-state index in [2.05, 4.69) is 24.1 Å². The Kier molecular flexibility index (Phi) is 17.9. The minimum Gasteiger partial charge on any atom is -2.00 e. The summed E-state index contributed by atoms with van der Waals surface area (Å²) in [5.74, 6) is 0. The first-order chi connectivity index (χ1) is 3.00. The van der Waals surface area contributed by atoms with Gasteiger partial charge in [0.25, 0.3) is 0 Å². The van der Waals surface area contributed by atoms with Crippen molar-refractivity contribution in [3.8, 4) is 0 Å². The predicted molar refractivity (Wildman–Crippen MR) is 31.3 cm³/mol. The third-order valence-electron chi connectivity index (χ3n) is 0. The molecule has 0 N–H and O–H groups in total. The van der Waals surface area contributed by atoms with Crippen LogP contribution in [0.15, 0.2) is 0 Å². The first-order valence-electron chi connectivity index (χ1n) is 0.914. The van der Waals surface area contributed by atoms with Gasteiger partial charge < -0.3 is 23.3 Å². The van der Waals surface area contributed by atoms with Crippen LogP contribution in [0.25, 0.3) is 0 Å². The van der Waals surface area contributed by atoms with Crippen molar-refractivity contribution in [3.05, 3.63) is 0 Å². The van der Waals surface area contributed by atoms with E-state index in [1.807, 2.05) is 0 Å². The maximum absolute atomic E-state index is 9.34. The average molecular weight is 272 g/mol. The Morgan fingerprint density at radius 3 is 1.50 bits per heavy atom. The molecule has 0 saturated carbocycles. The van der Waals surface area contributed by atoms with Crippen LogP contribution in [0.1, 0.15) is 0 Å². The average Bonchev–Trinajstić information content (AvgIpc) is 1.36. The molecule has 0 aromatic heterocycles. The van der Waals surface area contributed by atoms with Crippen molar-refractivity contribution in [2.45, 2.75) is 0 Å². The van der Waals surface area contributed by atoms with E-state index in [9.17, 15) is 9.79 Å². The fraction of sp³-hybridized carbons (Fsp3) is 0. The zero-order valence-electron chi connectivity index (χ0n) is 3.34. The van der Waals surface area contributed by atoms with E-state index < -0.39 is 5.69 Å². The molecule has 0 radical (unpaired) electrons. The van der Waals surface area contributed by atoms with E-state index in [1.54, 1.807) is 0 Å². The van der Waals surface area contributed by atoms with Gasteiger partial charge in [0, 0.05) is 0 Å². The van der Waals surface area contributed by atoms with Crippen molar-refractivity contribution >= 4 is 43.2 Å². The van der Waals surface area contributed by atoms with E-state index in [4.69, 9.17) is 3.40 Å². The number of thiol groups is 1. The second-order valence-corrected chi connectivity index (χ2v) is 5.24. The van der Waals surface area contributed by atoms with Gasteiger partial charge in [0.15, 0.2) is 0 Å². The first kappa shape index (κ1) is 16.4. The molecule has 0 spiro atoms. The molecule has 48 valence electrons. The van der Waals surface area contributed by atoms with E-state index in [1.165, 1.54) is 0 Å². The summed E-state index contributed by atoms with van der Waals surface area (Å²) in [4.78, 5) is 18.7. The molecule has 0 atom stereocenters. The molecular weight excluding hydrogens is 271 g/mol. The van der Waals surface area contributed by atoms with Crippen LogP contribution < -0.4 is 9.79 Å². The SMILES string of the molecule is [O-]P([O-])(=S)S.[O]=[Mo+4].[S-2]. The molecule has 0 bridgehead atoms. The van der Waals surface area contributed by atoms with Crippen LogP contribution in [0.4, 0.5) is 0 Å². The van der Waals surface area contributed by atoms with E-state index in [-0.39, 0.29) is 13.5 Å². The largest absolute Gasteiger partial charge is 2.00 e. The van der Waals surface area contributed by atoms with Gasteiger partial charge in [-0.25, -0.2) is 0 Å². The normalized spacial score (nSPS) is 8.12. The van der Waals surface area contributed by atoms with E-state index >= 15 is 0 Å². The molecule has 0 aromatic carbocycles. The van der Waals surface area contributed by atoms with E-state index in [0.29, 0.717) is 19.8 Å². The van der Waals surface area contributed by atoms with Gasteiger partial charge >= 0.3 is 23.2 Å². The molecule has 3 nitrogen and oxygen atoms in total. The minimum atomic E-state index is -3.61. The number of hydrogen-bond acceptors (Lipinski definition) is 4. The van der Waals surface area contributed by atoms with Crippen molar-refractivity contribution in [2.75, 3.05) is 0 Å². The fourth-order valence-corrected chi connectivity index (χ4v) is 0. The molecule has 0 rings (SSSR count). The van der Waals surface area contributed by atoms with Crippen LogP contribution in [0, 0.1) is 0 Å². The van der Waals surface area contributed by atoms with Gasteiger partial charge in [0.2, 0.25) is 0 Å². The molecule has 0 fully saturated rings. The van der Waals surface area contributed by atoms with Crippen molar-refractivity contribution in [1.29, 1.82) is 0 Å². The zero-order valence-corrected chi connectivity index (χ0v) is 8.77. The molecule has 0 heterocycles. The summed E-state index contributed by atoms with van der Waals surface area (Å²) in [6.45, 7) is 0. The van der Waals surface area contributed by atoms with Gasteiger partial charge in [-0.15, -0.1) is 11.8 Å². The van der Waals surface area contributed by atoms with Gasteiger partial charge in [0.1, 0.15) is 0 Å². The van der Waals surface area contributed by atoms with Crippen LogP contribution >= 0.6 is 17.9 Å². The summed E-state index contributed by atoms with van der Waals surface area (Å²) in [5, 5.41) is 0. The Hall–Kier alpha value is 1.76. The fourth-order valence-electron chi connectivity index (χ4n) is 0. The summed E-state index contributed by atoms with van der Waals surface area (Å²) in [6.07, 6.45) is 0. The third-order valence-corrected chi connectivity index (χ3v) is 0. The van der Waals surface area contributed by atoms with Gasteiger partial charge in [-0.1, -0.05) is 0 Å². The number of rotatable bonds is 0. The van der Waals surface area contributed by atoms with Gasteiger partial charge in [-0.2, -0.15) is 17.9 Å². The Balaban J connectivity index is -0.0000000750. The maximum atomic E-state index is 9.34. The summed E-state index contributed by atoms with van der Waals surface area (Å²) in [5.41, 5.74) is -3.61. The molecule has 0 aromatic rings.